The second kappa shape index (κ2) is 8.15. The van der Waals surface area contributed by atoms with Gasteiger partial charge < -0.3 is 10.3 Å². The lowest BCUT2D eigenvalue weighted by atomic mass is 10.1. The van der Waals surface area contributed by atoms with Crippen molar-refractivity contribution in [3.05, 3.63) is 65.9 Å². The molecule has 7 nitrogen and oxygen atoms in total. The minimum Gasteiger partial charge on any atom is -0.361 e. The van der Waals surface area contributed by atoms with E-state index in [1.165, 1.54) is 24.3 Å². The Labute approximate surface area is 163 Å². The molecule has 0 unspecified atom stereocenters. The van der Waals surface area contributed by atoms with Gasteiger partial charge in [0.25, 0.3) is 0 Å². The molecule has 0 fully saturated rings. The molecule has 3 aromatic rings. The molecule has 3 rings (SSSR count). The average Bonchev–Trinajstić information content (AvgIpc) is 3.09. The number of aromatic amines is 1. The van der Waals surface area contributed by atoms with Crippen LogP contribution < -0.4 is 9.62 Å². The average molecular weight is 396 g/mol. The number of benzene rings is 2. The highest BCUT2D eigenvalue weighted by atomic mass is 32.2. The van der Waals surface area contributed by atoms with Crippen molar-refractivity contribution < 1.29 is 13.2 Å². The van der Waals surface area contributed by atoms with Gasteiger partial charge in [0.2, 0.25) is 15.9 Å². The molecular formula is C20H20N4O3S. The van der Waals surface area contributed by atoms with Crippen LogP contribution in [0.5, 0.6) is 0 Å². The van der Waals surface area contributed by atoms with E-state index >= 15 is 0 Å². The van der Waals surface area contributed by atoms with Gasteiger partial charge in [0.1, 0.15) is 6.54 Å². The van der Waals surface area contributed by atoms with Crippen molar-refractivity contribution in [1.29, 1.82) is 5.26 Å². The molecule has 1 amide bonds. The summed E-state index contributed by atoms with van der Waals surface area (Å²) in [5.41, 5.74) is 2.88. The molecule has 28 heavy (non-hydrogen) atoms. The zero-order chi connectivity index (χ0) is 20.1. The number of amides is 1. The van der Waals surface area contributed by atoms with Crippen LogP contribution in [0.25, 0.3) is 10.9 Å². The van der Waals surface area contributed by atoms with Crippen LogP contribution in [0.2, 0.25) is 0 Å². The van der Waals surface area contributed by atoms with Crippen molar-refractivity contribution in [2.45, 2.75) is 6.42 Å². The molecule has 0 aliphatic heterocycles. The first-order chi connectivity index (χ1) is 13.4. The lowest BCUT2D eigenvalue weighted by molar-refractivity contribution is -0.119. The summed E-state index contributed by atoms with van der Waals surface area (Å²) in [6.07, 6.45) is 3.59. The zero-order valence-electron chi connectivity index (χ0n) is 15.3. The van der Waals surface area contributed by atoms with E-state index in [1.54, 1.807) is 0 Å². The second-order valence-corrected chi connectivity index (χ2v) is 8.29. The molecule has 8 heteroatoms. The number of H-pyrrole nitrogens is 1. The molecular weight excluding hydrogens is 376 g/mol. The van der Waals surface area contributed by atoms with Crippen LogP contribution in [0, 0.1) is 11.3 Å². The fourth-order valence-corrected chi connectivity index (χ4v) is 3.82. The Balaban J connectivity index is 1.63. The van der Waals surface area contributed by atoms with E-state index in [2.05, 4.69) is 10.3 Å². The van der Waals surface area contributed by atoms with Crippen LogP contribution in [-0.2, 0) is 21.2 Å². The number of hydrogen-bond acceptors (Lipinski definition) is 4. The van der Waals surface area contributed by atoms with Gasteiger partial charge in [-0.15, -0.1) is 0 Å². The van der Waals surface area contributed by atoms with E-state index in [4.69, 9.17) is 5.26 Å². The van der Waals surface area contributed by atoms with Crippen LogP contribution in [0.3, 0.4) is 0 Å². The van der Waals surface area contributed by atoms with Crippen molar-refractivity contribution in [3.8, 4) is 6.07 Å². The Kier molecular flexibility index (Phi) is 5.66. The normalized spacial score (nSPS) is 11.1. The lowest BCUT2D eigenvalue weighted by Crippen LogP contribution is -2.40. The third-order valence-electron chi connectivity index (χ3n) is 4.36. The molecule has 0 saturated heterocycles. The van der Waals surface area contributed by atoms with E-state index in [0.29, 0.717) is 24.2 Å². The highest BCUT2D eigenvalue weighted by Crippen LogP contribution is 2.19. The molecule has 1 aromatic heterocycles. The smallest absolute Gasteiger partial charge is 0.240 e. The first-order valence-corrected chi connectivity index (χ1v) is 10.5. The van der Waals surface area contributed by atoms with Gasteiger partial charge in [0, 0.05) is 23.6 Å². The summed E-state index contributed by atoms with van der Waals surface area (Å²) in [6.45, 7) is 0.0737. The zero-order valence-corrected chi connectivity index (χ0v) is 16.2. The number of aromatic nitrogens is 1. The van der Waals surface area contributed by atoms with Gasteiger partial charge in [-0.2, -0.15) is 5.26 Å². The number of rotatable bonds is 7. The predicted molar refractivity (Wildman–Crippen MR) is 108 cm³/mol. The standard InChI is InChI=1S/C20H20N4O3S/c1-28(26,27)24(17-8-6-15(12-21)7-9-17)14-20(25)22-11-10-16-13-23-19-5-3-2-4-18(16)19/h2-9,13,23H,10-11,14H2,1H3,(H,22,25). The Hall–Kier alpha value is -3.31. The maximum atomic E-state index is 12.3. The molecule has 0 radical (unpaired) electrons. The maximum Gasteiger partial charge on any atom is 0.240 e. The van der Waals surface area contributed by atoms with Crippen molar-refractivity contribution in [1.82, 2.24) is 10.3 Å². The van der Waals surface area contributed by atoms with Crippen molar-refractivity contribution in [2.75, 3.05) is 23.7 Å². The maximum absolute atomic E-state index is 12.3. The van der Waals surface area contributed by atoms with E-state index in [0.717, 1.165) is 27.0 Å². The highest BCUT2D eigenvalue weighted by molar-refractivity contribution is 7.92. The summed E-state index contributed by atoms with van der Waals surface area (Å²) < 4.78 is 25.2. The lowest BCUT2D eigenvalue weighted by Gasteiger charge is -2.21. The topological polar surface area (TPSA) is 106 Å². The number of fused-ring (bicyclic) bond motifs is 1. The number of para-hydroxylation sites is 1. The number of anilines is 1. The predicted octanol–water partition coefficient (Wildman–Crippen LogP) is 2.16. The minimum absolute atomic E-state index is 0.321. The largest absolute Gasteiger partial charge is 0.361 e. The summed E-state index contributed by atoms with van der Waals surface area (Å²) in [5, 5.41) is 12.7. The van der Waals surface area contributed by atoms with Gasteiger partial charge in [-0.05, 0) is 42.3 Å². The molecule has 2 N–H and O–H groups in total. The monoisotopic (exact) mass is 396 g/mol. The van der Waals surface area contributed by atoms with Crippen LogP contribution in [0.1, 0.15) is 11.1 Å². The van der Waals surface area contributed by atoms with Gasteiger partial charge >= 0.3 is 0 Å². The van der Waals surface area contributed by atoms with Gasteiger partial charge in [-0.3, -0.25) is 9.10 Å². The highest BCUT2D eigenvalue weighted by Gasteiger charge is 2.20. The molecule has 0 saturated carbocycles. The van der Waals surface area contributed by atoms with Crippen LogP contribution in [-0.4, -0.2) is 38.7 Å². The molecule has 2 aromatic carbocycles. The van der Waals surface area contributed by atoms with Crippen LogP contribution >= 0.6 is 0 Å². The number of nitriles is 1. The summed E-state index contributed by atoms with van der Waals surface area (Å²) >= 11 is 0. The SMILES string of the molecule is CS(=O)(=O)N(CC(=O)NCCc1c[nH]c2ccccc12)c1ccc(C#N)cc1. The first-order valence-electron chi connectivity index (χ1n) is 8.68. The number of hydrogen-bond donors (Lipinski definition) is 2. The minimum atomic E-state index is -3.65. The molecule has 0 atom stereocenters. The summed E-state index contributed by atoms with van der Waals surface area (Å²) in [6, 6.07) is 15.9. The molecule has 144 valence electrons. The summed E-state index contributed by atoms with van der Waals surface area (Å²) in [7, 11) is -3.65. The summed E-state index contributed by atoms with van der Waals surface area (Å²) in [5.74, 6) is -0.394. The molecule has 0 aliphatic rings. The van der Waals surface area contributed by atoms with Crippen molar-refractivity contribution in [3.63, 3.8) is 0 Å². The van der Waals surface area contributed by atoms with Gasteiger partial charge in [-0.1, -0.05) is 18.2 Å². The molecule has 1 heterocycles. The van der Waals surface area contributed by atoms with Crippen LogP contribution in [0.15, 0.2) is 54.7 Å². The second-order valence-electron chi connectivity index (χ2n) is 6.39. The summed E-state index contributed by atoms with van der Waals surface area (Å²) in [4.78, 5) is 15.5. The number of carbonyl (C=O) groups is 1. The Morgan fingerprint density at radius 3 is 2.57 bits per heavy atom. The Morgan fingerprint density at radius 1 is 1.18 bits per heavy atom. The third kappa shape index (κ3) is 4.50. The Bertz CT molecular complexity index is 1130. The Morgan fingerprint density at radius 2 is 1.89 bits per heavy atom. The van der Waals surface area contributed by atoms with Gasteiger partial charge in [0.15, 0.2) is 0 Å². The number of sulfonamides is 1. The third-order valence-corrected chi connectivity index (χ3v) is 5.50. The molecule has 0 spiro atoms. The van der Waals surface area contributed by atoms with Crippen molar-refractivity contribution in [2.24, 2.45) is 0 Å². The fraction of sp³-hybridized carbons (Fsp3) is 0.200. The van der Waals surface area contributed by atoms with E-state index in [-0.39, 0.29) is 6.54 Å². The quantitative estimate of drug-likeness (QED) is 0.638. The van der Waals surface area contributed by atoms with E-state index < -0.39 is 15.9 Å². The van der Waals surface area contributed by atoms with Gasteiger partial charge in [0.05, 0.1) is 23.6 Å². The number of nitrogens with one attached hydrogen (secondary N) is 2. The number of carbonyl (C=O) groups excluding carboxylic acids is 1. The fourth-order valence-electron chi connectivity index (χ4n) is 2.96. The molecule has 0 aliphatic carbocycles. The first kappa shape index (κ1) is 19.5. The number of nitrogens with zero attached hydrogens (tertiary/aromatic N) is 2. The van der Waals surface area contributed by atoms with E-state index in [1.807, 2.05) is 36.5 Å². The van der Waals surface area contributed by atoms with Crippen molar-refractivity contribution >= 4 is 32.5 Å². The van der Waals surface area contributed by atoms with Crippen LogP contribution in [0.4, 0.5) is 5.69 Å². The van der Waals surface area contributed by atoms with E-state index in [9.17, 15) is 13.2 Å². The molecule has 0 bridgehead atoms. The van der Waals surface area contributed by atoms with Gasteiger partial charge in [-0.25, -0.2) is 8.42 Å².